The van der Waals surface area contributed by atoms with E-state index in [-0.39, 0.29) is 24.0 Å². The van der Waals surface area contributed by atoms with E-state index in [4.69, 9.17) is 9.47 Å². The summed E-state index contributed by atoms with van der Waals surface area (Å²) in [6, 6.07) is 14.7. The predicted molar refractivity (Wildman–Crippen MR) is 115 cm³/mol. The molecule has 1 fully saturated rings. The quantitative estimate of drug-likeness (QED) is 0.729. The summed E-state index contributed by atoms with van der Waals surface area (Å²) in [6.45, 7) is 7.07. The third-order valence-electron chi connectivity index (χ3n) is 5.45. The highest BCUT2D eigenvalue weighted by Gasteiger charge is 2.43. The van der Waals surface area contributed by atoms with E-state index in [0.717, 1.165) is 11.1 Å². The molecular formula is C24H26N2O4. The van der Waals surface area contributed by atoms with E-state index in [1.807, 2.05) is 49.9 Å². The van der Waals surface area contributed by atoms with Gasteiger partial charge in [-0.25, -0.2) is 4.90 Å². The molecule has 2 atom stereocenters. The Morgan fingerprint density at radius 2 is 1.63 bits per heavy atom. The number of methoxy groups -OCH3 is 1. The van der Waals surface area contributed by atoms with Gasteiger partial charge in [0.15, 0.2) is 0 Å². The average Bonchev–Trinajstić information content (AvgIpc) is 2.98. The Labute approximate surface area is 176 Å². The monoisotopic (exact) mass is 406 g/mol. The van der Waals surface area contributed by atoms with Crippen LogP contribution in [0, 0.1) is 6.92 Å². The summed E-state index contributed by atoms with van der Waals surface area (Å²) in [5.74, 6) is -0.0453. The number of hydrogen-bond acceptors (Lipinski definition) is 5. The summed E-state index contributed by atoms with van der Waals surface area (Å²) in [5, 5.41) is 0. The number of rotatable bonds is 4. The fourth-order valence-electron chi connectivity index (χ4n) is 4.14. The van der Waals surface area contributed by atoms with Gasteiger partial charge in [-0.2, -0.15) is 0 Å². The second kappa shape index (κ2) is 7.95. The van der Waals surface area contributed by atoms with Crippen molar-refractivity contribution in [3.63, 3.8) is 0 Å². The van der Waals surface area contributed by atoms with Crippen LogP contribution in [0.1, 0.15) is 25.0 Å². The molecule has 1 saturated heterocycles. The molecule has 2 aliphatic heterocycles. The molecule has 0 radical (unpaired) electrons. The number of ether oxygens (including phenoxy) is 2. The van der Waals surface area contributed by atoms with E-state index in [0.29, 0.717) is 35.8 Å². The second-order valence-corrected chi connectivity index (χ2v) is 7.90. The van der Waals surface area contributed by atoms with Crippen LogP contribution in [0.15, 0.2) is 54.2 Å². The number of amides is 2. The summed E-state index contributed by atoms with van der Waals surface area (Å²) in [5.41, 5.74) is 3.21. The lowest BCUT2D eigenvalue weighted by molar-refractivity contribution is -0.121. The van der Waals surface area contributed by atoms with Crippen LogP contribution < -0.4 is 9.64 Å². The topological polar surface area (TPSA) is 59.1 Å². The maximum Gasteiger partial charge on any atom is 0.282 e. The lowest BCUT2D eigenvalue weighted by atomic mass is 10.0. The first-order valence-corrected chi connectivity index (χ1v) is 10.1. The summed E-state index contributed by atoms with van der Waals surface area (Å²) in [6.07, 6.45) is -0.0661. The summed E-state index contributed by atoms with van der Waals surface area (Å²) < 4.78 is 11.1. The van der Waals surface area contributed by atoms with E-state index >= 15 is 0 Å². The van der Waals surface area contributed by atoms with Crippen LogP contribution in [-0.4, -0.2) is 49.1 Å². The third-order valence-corrected chi connectivity index (χ3v) is 5.45. The van der Waals surface area contributed by atoms with Crippen LogP contribution in [0.5, 0.6) is 5.75 Å². The molecule has 0 spiro atoms. The Morgan fingerprint density at radius 3 is 2.27 bits per heavy atom. The number of imide groups is 1. The molecule has 6 heteroatoms. The van der Waals surface area contributed by atoms with Gasteiger partial charge in [0, 0.05) is 19.2 Å². The summed E-state index contributed by atoms with van der Waals surface area (Å²) in [4.78, 5) is 30.4. The number of benzene rings is 2. The minimum atomic E-state index is -0.320. The van der Waals surface area contributed by atoms with Crippen molar-refractivity contribution >= 4 is 23.1 Å². The molecule has 156 valence electrons. The average molecular weight is 406 g/mol. The van der Waals surface area contributed by atoms with Gasteiger partial charge in [0.1, 0.15) is 11.4 Å². The third kappa shape index (κ3) is 3.59. The standard InChI is InChI=1S/C24H26N2O4/c1-15-8-10-18(11-9-15)21-22(25-13-16(2)30-17(3)14-25)24(28)26(23(21)27)19-6-5-7-20(12-19)29-4/h5-12,16-17H,13-14H2,1-4H3. The molecule has 2 aromatic rings. The zero-order valence-corrected chi connectivity index (χ0v) is 17.7. The number of aryl methyl sites for hydroxylation is 1. The van der Waals surface area contributed by atoms with Crippen LogP contribution >= 0.6 is 0 Å². The zero-order chi connectivity index (χ0) is 21.4. The van der Waals surface area contributed by atoms with E-state index in [1.54, 1.807) is 31.4 Å². The van der Waals surface area contributed by atoms with Crippen molar-refractivity contribution in [2.24, 2.45) is 0 Å². The van der Waals surface area contributed by atoms with E-state index in [2.05, 4.69) is 0 Å². The number of nitrogens with zero attached hydrogens (tertiary/aromatic N) is 2. The van der Waals surface area contributed by atoms with Gasteiger partial charge in [-0.15, -0.1) is 0 Å². The van der Waals surface area contributed by atoms with Gasteiger partial charge in [-0.1, -0.05) is 35.9 Å². The van der Waals surface area contributed by atoms with Crippen LogP contribution in [0.3, 0.4) is 0 Å². The van der Waals surface area contributed by atoms with Crippen molar-refractivity contribution in [1.29, 1.82) is 0 Å². The molecule has 2 heterocycles. The van der Waals surface area contributed by atoms with Crippen molar-refractivity contribution in [2.75, 3.05) is 25.1 Å². The number of carbonyl (C=O) groups is 2. The molecule has 4 rings (SSSR count). The Balaban J connectivity index is 1.83. The van der Waals surface area contributed by atoms with Crippen molar-refractivity contribution in [2.45, 2.75) is 33.0 Å². The largest absolute Gasteiger partial charge is 0.497 e. The molecule has 6 nitrogen and oxygen atoms in total. The summed E-state index contributed by atoms with van der Waals surface area (Å²) >= 11 is 0. The predicted octanol–water partition coefficient (Wildman–Crippen LogP) is 3.40. The molecule has 2 unspecified atom stereocenters. The molecular weight excluding hydrogens is 380 g/mol. The first-order chi connectivity index (χ1) is 14.4. The number of anilines is 1. The highest BCUT2D eigenvalue weighted by Crippen LogP contribution is 2.36. The van der Waals surface area contributed by atoms with Crippen LogP contribution in [0.2, 0.25) is 0 Å². The normalized spacial score (nSPS) is 22.1. The Bertz CT molecular complexity index is 1000. The van der Waals surface area contributed by atoms with Gasteiger partial charge in [0.2, 0.25) is 0 Å². The second-order valence-electron chi connectivity index (χ2n) is 7.90. The minimum absolute atomic E-state index is 0.0331. The van der Waals surface area contributed by atoms with E-state index in [1.165, 1.54) is 4.90 Å². The number of hydrogen-bond donors (Lipinski definition) is 0. The molecule has 30 heavy (non-hydrogen) atoms. The van der Waals surface area contributed by atoms with Crippen LogP contribution in [-0.2, 0) is 14.3 Å². The molecule has 0 saturated carbocycles. The molecule has 2 amide bonds. The van der Waals surface area contributed by atoms with Gasteiger partial charge in [0.25, 0.3) is 11.8 Å². The number of morpholine rings is 1. The highest BCUT2D eigenvalue weighted by molar-refractivity contribution is 6.45. The Kier molecular flexibility index (Phi) is 5.35. The van der Waals surface area contributed by atoms with Crippen molar-refractivity contribution in [3.8, 4) is 5.75 Å². The zero-order valence-electron chi connectivity index (χ0n) is 17.7. The highest BCUT2D eigenvalue weighted by atomic mass is 16.5. The van der Waals surface area contributed by atoms with Crippen LogP contribution in [0.25, 0.3) is 5.57 Å². The number of carbonyl (C=O) groups excluding carboxylic acids is 2. The van der Waals surface area contributed by atoms with Crippen molar-refractivity contribution in [3.05, 3.63) is 65.4 Å². The van der Waals surface area contributed by atoms with Crippen molar-refractivity contribution < 1.29 is 19.1 Å². The van der Waals surface area contributed by atoms with Crippen molar-refractivity contribution in [1.82, 2.24) is 4.90 Å². The molecule has 0 N–H and O–H groups in total. The van der Waals surface area contributed by atoms with Gasteiger partial charge in [-0.3, -0.25) is 9.59 Å². The molecule has 2 aliphatic rings. The van der Waals surface area contributed by atoms with Gasteiger partial charge in [0.05, 0.1) is 30.6 Å². The summed E-state index contributed by atoms with van der Waals surface area (Å²) in [7, 11) is 1.56. The maximum absolute atomic E-state index is 13.6. The molecule has 0 aromatic heterocycles. The van der Waals surface area contributed by atoms with Gasteiger partial charge in [-0.05, 0) is 38.5 Å². The lowest BCUT2D eigenvalue weighted by Gasteiger charge is -2.37. The minimum Gasteiger partial charge on any atom is -0.497 e. The first kappa shape index (κ1) is 20.2. The Morgan fingerprint density at radius 1 is 0.967 bits per heavy atom. The SMILES string of the molecule is COc1cccc(N2C(=O)C(c3ccc(C)cc3)=C(N3CC(C)OC(C)C3)C2=O)c1. The van der Waals surface area contributed by atoms with Gasteiger partial charge >= 0.3 is 0 Å². The fourth-order valence-corrected chi connectivity index (χ4v) is 4.14. The van der Waals surface area contributed by atoms with E-state index in [9.17, 15) is 9.59 Å². The fraction of sp³-hybridized carbons (Fsp3) is 0.333. The smallest absolute Gasteiger partial charge is 0.282 e. The Hall–Kier alpha value is -3.12. The molecule has 2 aromatic carbocycles. The first-order valence-electron chi connectivity index (χ1n) is 10.1. The van der Waals surface area contributed by atoms with Crippen LogP contribution in [0.4, 0.5) is 5.69 Å². The maximum atomic E-state index is 13.6. The van der Waals surface area contributed by atoms with E-state index < -0.39 is 0 Å². The molecule has 0 aliphatic carbocycles. The lowest BCUT2D eigenvalue weighted by Crippen LogP contribution is -2.47. The van der Waals surface area contributed by atoms with Gasteiger partial charge < -0.3 is 14.4 Å². The molecule has 0 bridgehead atoms.